The second-order valence-electron chi connectivity index (χ2n) is 6.25. The summed E-state index contributed by atoms with van der Waals surface area (Å²) in [7, 11) is 0. The van der Waals surface area contributed by atoms with Crippen LogP contribution >= 0.6 is 24.0 Å². The van der Waals surface area contributed by atoms with Crippen LogP contribution in [-0.4, -0.2) is 27.6 Å². The summed E-state index contributed by atoms with van der Waals surface area (Å²) >= 11 is 6.56. The van der Waals surface area contributed by atoms with Crippen molar-refractivity contribution in [2.75, 3.05) is 11.9 Å². The molecular formula is C20H20N2O3S2. The normalized spacial score (nSPS) is 15.6. The summed E-state index contributed by atoms with van der Waals surface area (Å²) in [6.45, 7) is 4.41. The van der Waals surface area contributed by atoms with Crippen LogP contribution in [0.4, 0.5) is 5.69 Å². The second-order valence-corrected chi connectivity index (χ2v) is 7.92. The van der Waals surface area contributed by atoms with Gasteiger partial charge in [0, 0.05) is 24.7 Å². The molecule has 7 heteroatoms. The van der Waals surface area contributed by atoms with Crippen LogP contribution in [0.2, 0.25) is 0 Å². The molecule has 140 valence electrons. The smallest absolute Gasteiger partial charge is 0.266 e. The van der Waals surface area contributed by atoms with E-state index in [1.807, 2.05) is 32.0 Å². The first-order valence-electron chi connectivity index (χ1n) is 8.60. The number of hydrogen-bond acceptors (Lipinski definition) is 5. The van der Waals surface area contributed by atoms with E-state index in [0.29, 0.717) is 34.4 Å². The van der Waals surface area contributed by atoms with E-state index in [1.54, 1.807) is 29.4 Å². The van der Waals surface area contributed by atoms with Gasteiger partial charge in [0.1, 0.15) is 10.1 Å². The lowest BCUT2D eigenvalue weighted by molar-refractivity contribution is -0.122. The Morgan fingerprint density at radius 1 is 1.30 bits per heavy atom. The molecule has 5 nitrogen and oxygen atoms in total. The fourth-order valence-corrected chi connectivity index (χ4v) is 3.98. The van der Waals surface area contributed by atoms with Gasteiger partial charge in [0.15, 0.2) is 0 Å². The predicted molar refractivity (Wildman–Crippen MR) is 112 cm³/mol. The first-order valence-corrected chi connectivity index (χ1v) is 9.83. The van der Waals surface area contributed by atoms with Gasteiger partial charge in [-0.05, 0) is 49.6 Å². The summed E-state index contributed by atoms with van der Waals surface area (Å²) in [6.07, 6.45) is 4.10. The van der Waals surface area contributed by atoms with E-state index in [4.69, 9.17) is 16.6 Å². The second kappa shape index (κ2) is 8.54. The van der Waals surface area contributed by atoms with Gasteiger partial charge in [0.2, 0.25) is 5.91 Å². The Bertz CT molecular complexity index is 904. The minimum absolute atomic E-state index is 0.0692. The molecule has 3 rings (SSSR count). The third kappa shape index (κ3) is 4.67. The maximum absolute atomic E-state index is 12.5. The zero-order valence-corrected chi connectivity index (χ0v) is 16.8. The first kappa shape index (κ1) is 19.4. The third-order valence-corrected chi connectivity index (χ3v) is 5.73. The molecule has 0 aliphatic carbocycles. The Labute approximate surface area is 167 Å². The molecule has 1 aliphatic heterocycles. The van der Waals surface area contributed by atoms with E-state index >= 15 is 0 Å². The van der Waals surface area contributed by atoms with Gasteiger partial charge in [0.05, 0.1) is 11.2 Å². The Balaban J connectivity index is 1.52. The van der Waals surface area contributed by atoms with Crippen molar-refractivity contribution in [3.05, 3.63) is 58.4 Å². The summed E-state index contributed by atoms with van der Waals surface area (Å²) in [5, 5.41) is 2.93. The van der Waals surface area contributed by atoms with Crippen molar-refractivity contribution in [3.8, 4) is 0 Å². The molecule has 0 saturated carbocycles. The van der Waals surface area contributed by atoms with Crippen LogP contribution < -0.4 is 5.32 Å². The molecule has 0 atom stereocenters. The molecule has 1 saturated heterocycles. The van der Waals surface area contributed by atoms with Crippen molar-refractivity contribution in [2.45, 2.75) is 26.7 Å². The summed E-state index contributed by atoms with van der Waals surface area (Å²) < 4.78 is 5.75. The van der Waals surface area contributed by atoms with Gasteiger partial charge in [-0.15, -0.1) is 0 Å². The number of benzene rings is 1. The van der Waals surface area contributed by atoms with Crippen LogP contribution in [0, 0.1) is 13.8 Å². The Hall–Kier alpha value is -2.38. The van der Waals surface area contributed by atoms with Crippen LogP contribution in [0.25, 0.3) is 6.08 Å². The molecule has 0 bridgehead atoms. The summed E-state index contributed by atoms with van der Waals surface area (Å²) in [5.74, 6) is 0.403. The summed E-state index contributed by atoms with van der Waals surface area (Å²) in [6, 6.07) is 9.37. The highest BCUT2D eigenvalue weighted by molar-refractivity contribution is 8.26. The monoisotopic (exact) mass is 400 g/mol. The number of aryl methyl sites for hydroxylation is 1. The predicted octanol–water partition coefficient (Wildman–Crippen LogP) is 4.52. The van der Waals surface area contributed by atoms with E-state index in [0.717, 1.165) is 16.8 Å². The standard InChI is InChI=1S/C20H20N2O3S2/c1-13-6-3-8-16(14(13)2)21-18(23)9-4-10-22-19(24)17(27-20(22)26)12-15-7-5-11-25-15/h3,5-8,11-12H,4,9-10H2,1-2H3,(H,21,23)/b17-12-. The average Bonchev–Trinajstić information content (AvgIpc) is 3.23. The number of anilines is 1. The molecular weight excluding hydrogens is 380 g/mol. The van der Waals surface area contributed by atoms with Gasteiger partial charge in [-0.2, -0.15) is 0 Å². The molecule has 2 aromatic rings. The minimum Gasteiger partial charge on any atom is -0.465 e. The van der Waals surface area contributed by atoms with E-state index < -0.39 is 0 Å². The Kier molecular flexibility index (Phi) is 6.13. The highest BCUT2D eigenvalue weighted by Crippen LogP contribution is 2.32. The van der Waals surface area contributed by atoms with E-state index in [9.17, 15) is 9.59 Å². The van der Waals surface area contributed by atoms with Crippen LogP contribution in [-0.2, 0) is 9.59 Å². The molecule has 1 fully saturated rings. The first-order chi connectivity index (χ1) is 13.0. The number of rotatable bonds is 6. The van der Waals surface area contributed by atoms with Gasteiger partial charge in [0.25, 0.3) is 5.91 Å². The Morgan fingerprint density at radius 2 is 2.11 bits per heavy atom. The molecule has 1 N–H and O–H groups in total. The number of thiocarbonyl (C=S) groups is 1. The van der Waals surface area contributed by atoms with Crippen molar-refractivity contribution in [3.63, 3.8) is 0 Å². The maximum atomic E-state index is 12.5. The van der Waals surface area contributed by atoms with E-state index in [1.165, 1.54) is 11.8 Å². The zero-order valence-electron chi connectivity index (χ0n) is 15.2. The lowest BCUT2D eigenvalue weighted by atomic mass is 10.1. The molecule has 2 heterocycles. The molecule has 0 radical (unpaired) electrons. The quantitative estimate of drug-likeness (QED) is 0.571. The minimum atomic E-state index is -0.142. The van der Waals surface area contributed by atoms with Crippen LogP contribution in [0.5, 0.6) is 0 Å². The summed E-state index contributed by atoms with van der Waals surface area (Å²) in [4.78, 5) is 26.8. The molecule has 0 spiro atoms. The third-order valence-electron chi connectivity index (χ3n) is 4.35. The van der Waals surface area contributed by atoms with Crippen molar-refractivity contribution in [2.24, 2.45) is 0 Å². The van der Waals surface area contributed by atoms with Gasteiger partial charge >= 0.3 is 0 Å². The zero-order chi connectivity index (χ0) is 19.4. The maximum Gasteiger partial charge on any atom is 0.266 e. The van der Waals surface area contributed by atoms with Gasteiger partial charge in [-0.1, -0.05) is 36.1 Å². The number of amides is 2. The van der Waals surface area contributed by atoms with Gasteiger partial charge in [-0.3, -0.25) is 14.5 Å². The highest BCUT2D eigenvalue weighted by atomic mass is 32.2. The van der Waals surface area contributed by atoms with Crippen LogP contribution in [0.1, 0.15) is 29.7 Å². The highest BCUT2D eigenvalue weighted by Gasteiger charge is 2.31. The lowest BCUT2D eigenvalue weighted by Crippen LogP contribution is -2.29. The van der Waals surface area contributed by atoms with Crippen LogP contribution in [0.15, 0.2) is 45.9 Å². The van der Waals surface area contributed by atoms with E-state index in [-0.39, 0.29) is 11.8 Å². The van der Waals surface area contributed by atoms with Crippen molar-refractivity contribution >= 4 is 51.9 Å². The van der Waals surface area contributed by atoms with Crippen molar-refractivity contribution < 1.29 is 14.0 Å². The number of thioether (sulfide) groups is 1. The lowest BCUT2D eigenvalue weighted by Gasteiger charge is -2.14. The fraction of sp³-hybridized carbons (Fsp3) is 0.250. The number of nitrogens with one attached hydrogen (secondary N) is 1. The molecule has 1 aliphatic rings. The number of hydrogen-bond donors (Lipinski definition) is 1. The fourth-order valence-electron chi connectivity index (χ4n) is 2.69. The summed E-state index contributed by atoms with van der Waals surface area (Å²) in [5.41, 5.74) is 3.02. The number of carbonyl (C=O) groups is 2. The Morgan fingerprint density at radius 3 is 2.85 bits per heavy atom. The number of carbonyl (C=O) groups excluding carboxylic acids is 2. The molecule has 1 aromatic heterocycles. The number of nitrogens with zero attached hydrogens (tertiary/aromatic N) is 1. The molecule has 2 amide bonds. The SMILES string of the molecule is Cc1cccc(NC(=O)CCCN2C(=O)/C(=C/c3ccco3)SC2=S)c1C. The largest absolute Gasteiger partial charge is 0.465 e. The number of furan rings is 1. The van der Waals surface area contributed by atoms with E-state index in [2.05, 4.69) is 5.32 Å². The van der Waals surface area contributed by atoms with Crippen molar-refractivity contribution in [1.29, 1.82) is 0 Å². The van der Waals surface area contributed by atoms with Crippen LogP contribution in [0.3, 0.4) is 0 Å². The topological polar surface area (TPSA) is 62.6 Å². The molecule has 1 aromatic carbocycles. The van der Waals surface area contributed by atoms with Crippen molar-refractivity contribution in [1.82, 2.24) is 4.90 Å². The molecule has 0 unspecified atom stereocenters. The average molecular weight is 401 g/mol. The molecule has 27 heavy (non-hydrogen) atoms. The van der Waals surface area contributed by atoms with Gasteiger partial charge in [-0.25, -0.2) is 0 Å². The van der Waals surface area contributed by atoms with Gasteiger partial charge < -0.3 is 9.73 Å².